The van der Waals surface area contributed by atoms with Gasteiger partial charge in [0, 0.05) is 0 Å². The van der Waals surface area contributed by atoms with Crippen molar-refractivity contribution in [2.75, 3.05) is 0 Å². The van der Waals surface area contributed by atoms with Gasteiger partial charge in [0.25, 0.3) is 0 Å². The lowest BCUT2D eigenvalue weighted by molar-refractivity contribution is 0.639. The average Bonchev–Trinajstić information content (AvgIpc) is 1.82. The maximum absolute atomic E-state index is 12.1. The maximum atomic E-state index is 12.1. The molecule has 0 nitrogen and oxygen atoms in total. The van der Waals surface area contributed by atoms with Crippen molar-refractivity contribution in [1.82, 2.24) is 0 Å². The third kappa shape index (κ3) is 4.01. The molecule has 0 amide bonds. The molecule has 0 N–H and O–H groups in total. The zero-order chi connectivity index (χ0) is 8.15. The third-order valence-corrected chi connectivity index (χ3v) is 0.991. The van der Waals surface area contributed by atoms with Crippen LogP contribution in [-0.4, -0.2) is 0 Å². The monoisotopic (exact) mass is 144 g/mol. The Morgan fingerprint density at radius 1 is 1.20 bits per heavy atom. The number of hydrogen-bond acceptors (Lipinski definition) is 0. The van der Waals surface area contributed by atoms with Crippen molar-refractivity contribution in [3.8, 4) is 0 Å². The van der Waals surface area contributed by atoms with E-state index in [2.05, 4.69) is 6.58 Å². The Labute approximate surface area is 59.6 Å². The second-order valence-electron chi connectivity index (χ2n) is 2.01. The summed E-state index contributed by atoms with van der Waals surface area (Å²) in [6.45, 7) is 5.87. The van der Waals surface area contributed by atoms with Gasteiger partial charge in [-0.2, -0.15) is 0 Å². The summed E-state index contributed by atoms with van der Waals surface area (Å²) in [5, 5.41) is 0. The normalized spacial score (nSPS) is 13.6. The van der Waals surface area contributed by atoms with Crippen molar-refractivity contribution in [1.29, 1.82) is 0 Å². The van der Waals surface area contributed by atoms with Gasteiger partial charge in [-0.05, 0) is 25.5 Å². The van der Waals surface area contributed by atoms with E-state index in [1.165, 1.54) is 26.0 Å². The largest absolute Gasteiger partial charge is 0.212 e. The molecule has 0 fully saturated rings. The molecule has 0 aromatic carbocycles. The predicted octanol–water partition coefficient (Wildman–Crippen LogP) is 3.29. The Kier molecular flexibility index (Phi) is 3.62. The van der Waals surface area contributed by atoms with Crippen molar-refractivity contribution in [2.24, 2.45) is 0 Å². The topological polar surface area (TPSA) is 0 Å². The van der Waals surface area contributed by atoms with E-state index in [4.69, 9.17) is 0 Å². The number of allylic oxidation sites excluding steroid dienone is 5. The van der Waals surface area contributed by atoms with E-state index in [9.17, 15) is 8.78 Å². The van der Waals surface area contributed by atoms with Crippen LogP contribution in [0, 0.1) is 0 Å². The van der Waals surface area contributed by atoms with Gasteiger partial charge in [0.15, 0.2) is 0 Å². The Morgan fingerprint density at radius 2 is 1.70 bits per heavy atom. The Bertz CT molecular complexity index is 183. The zero-order valence-electron chi connectivity index (χ0n) is 6.12. The molecule has 56 valence electrons. The molecule has 0 aliphatic heterocycles. The lowest BCUT2D eigenvalue weighted by Crippen LogP contribution is -1.72. The van der Waals surface area contributed by atoms with Gasteiger partial charge >= 0.3 is 0 Å². The molecule has 0 aliphatic carbocycles. The molecule has 0 bridgehead atoms. The van der Waals surface area contributed by atoms with E-state index in [1.54, 1.807) is 0 Å². The number of hydrogen-bond donors (Lipinski definition) is 0. The van der Waals surface area contributed by atoms with Crippen LogP contribution >= 0.6 is 0 Å². The second kappa shape index (κ2) is 3.99. The minimum Gasteiger partial charge on any atom is -0.212 e. The highest BCUT2D eigenvalue weighted by Crippen LogP contribution is 2.08. The zero-order valence-corrected chi connectivity index (χ0v) is 6.12. The number of rotatable bonds is 2. The second-order valence-corrected chi connectivity index (χ2v) is 2.01. The van der Waals surface area contributed by atoms with Gasteiger partial charge in [-0.15, -0.1) is 0 Å². The summed E-state index contributed by atoms with van der Waals surface area (Å²) in [4.78, 5) is 0. The molecule has 2 heteroatoms. The smallest absolute Gasteiger partial charge is 0.118 e. The van der Waals surface area contributed by atoms with Gasteiger partial charge < -0.3 is 0 Å². The first-order valence-corrected chi connectivity index (χ1v) is 2.89. The highest BCUT2D eigenvalue weighted by molar-refractivity contribution is 5.25. The van der Waals surface area contributed by atoms with Crippen LogP contribution in [0.5, 0.6) is 0 Å². The minimum absolute atomic E-state index is 0.344. The van der Waals surface area contributed by atoms with Crippen molar-refractivity contribution in [3.05, 3.63) is 36.0 Å². The molecule has 0 aromatic rings. The molecule has 0 saturated heterocycles. The van der Waals surface area contributed by atoms with E-state index >= 15 is 0 Å². The van der Waals surface area contributed by atoms with Crippen LogP contribution in [-0.2, 0) is 0 Å². The predicted molar refractivity (Wildman–Crippen MR) is 38.9 cm³/mol. The van der Waals surface area contributed by atoms with Gasteiger partial charge in [-0.3, -0.25) is 0 Å². The molecule has 0 unspecified atom stereocenters. The van der Waals surface area contributed by atoms with E-state index in [0.717, 1.165) is 0 Å². The number of halogens is 2. The molecule has 0 spiro atoms. The first kappa shape index (κ1) is 9.08. The molecule has 0 atom stereocenters. The van der Waals surface area contributed by atoms with Crippen molar-refractivity contribution in [3.63, 3.8) is 0 Å². The first-order valence-electron chi connectivity index (χ1n) is 2.89. The molecule has 0 aliphatic rings. The summed E-state index contributed by atoms with van der Waals surface area (Å²) < 4.78 is 24.1. The van der Waals surface area contributed by atoms with E-state index in [1.807, 2.05) is 0 Å². The lowest BCUT2D eigenvalue weighted by Gasteiger charge is -1.89. The van der Waals surface area contributed by atoms with E-state index < -0.39 is 5.83 Å². The standard InChI is InChI=1S/C8H10F2/c1-6(8(3)10)4-5-7(2)9/h4-5H,3H2,1-2H3/b6-4-,7-5+. The summed E-state index contributed by atoms with van der Waals surface area (Å²) in [6.07, 6.45) is 2.54. The Balaban J connectivity index is 4.19. The van der Waals surface area contributed by atoms with Crippen LogP contribution in [0.15, 0.2) is 36.0 Å². The minimum atomic E-state index is -0.530. The molecular weight excluding hydrogens is 134 g/mol. The first-order chi connectivity index (χ1) is 4.54. The lowest BCUT2D eigenvalue weighted by atomic mass is 10.2. The van der Waals surface area contributed by atoms with E-state index in [-0.39, 0.29) is 5.83 Å². The van der Waals surface area contributed by atoms with Crippen molar-refractivity contribution >= 4 is 0 Å². The molecule has 0 saturated carbocycles. The van der Waals surface area contributed by atoms with Crippen LogP contribution < -0.4 is 0 Å². The average molecular weight is 144 g/mol. The van der Waals surface area contributed by atoms with Crippen LogP contribution in [0.4, 0.5) is 8.78 Å². The Hall–Kier alpha value is -0.920. The van der Waals surface area contributed by atoms with Crippen LogP contribution in [0.25, 0.3) is 0 Å². The summed E-state index contributed by atoms with van der Waals surface area (Å²) in [5.74, 6) is -0.877. The Morgan fingerprint density at radius 3 is 2.00 bits per heavy atom. The van der Waals surface area contributed by atoms with Gasteiger partial charge in [0.1, 0.15) is 5.83 Å². The highest BCUT2D eigenvalue weighted by Gasteiger charge is 1.90. The molecule has 0 rings (SSSR count). The molecule has 10 heavy (non-hydrogen) atoms. The fourth-order valence-electron chi connectivity index (χ4n) is 0.330. The summed E-state index contributed by atoms with van der Waals surface area (Å²) in [6, 6.07) is 0. The quantitative estimate of drug-likeness (QED) is 0.521. The van der Waals surface area contributed by atoms with Gasteiger partial charge in [-0.25, -0.2) is 8.78 Å². The van der Waals surface area contributed by atoms with Crippen LogP contribution in [0.2, 0.25) is 0 Å². The van der Waals surface area contributed by atoms with Gasteiger partial charge in [0.05, 0.1) is 5.83 Å². The van der Waals surface area contributed by atoms with Gasteiger partial charge in [0.2, 0.25) is 0 Å². The summed E-state index contributed by atoms with van der Waals surface area (Å²) in [7, 11) is 0. The van der Waals surface area contributed by atoms with Crippen molar-refractivity contribution < 1.29 is 8.78 Å². The molecule has 0 radical (unpaired) electrons. The summed E-state index contributed by atoms with van der Waals surface area (Å²) >= 11 is 0. The van der Waals surface area contributed by atoms with E-state index in [0.29, 0.717) is 5.57 Å². The van der Waals surface area contributed by atoms with Crippen LogP contribution in [0.3, 0.4) is 0 Å². The summed E-state index contributed by atoms with van der Waals surface area (Å²) in [5.41, 5.74) is 0.344. The highest BCUT2D eigenvalue weighted by atomic mass is 19.1. The van der Waals surface area contributed by atoms with Crippen LogP contribution in [0.1, 0.15) is 13.8 Å². The third-order valence-electron chi connectivity index (χ3n) is 0.991. The molecular formula is C8H10F2. The van der Waals surface area contributed by atoms with Crippen molar-refractivity contribution in [2.45, 2.75) is 13.8 Å². The SMILES string of the molecule is C=C(F)/C(C)=C\C=C(/C)F. The molecule has 0 heterocycles. The maximum Gasteiger partial charge on any atom is 0.118 e. The fourth-order valence-corrected chi connectivity index (χ4v) is 0.330. The fraction of sp³-hybridized carbons (Fsp3) is 0.250. The van der Waals surface area contributed by atoms with Gasteiger partial charge in [-0.1, -0.05) is 12.7 Å². The molecule has 0 aromatic heterocycles.